The number of fused-ring (bicyclic) bond motifs is 1. The molecule has 1 aliphatic heterocycles. The Hall–Kier alpha value is -2.54. The van der Waals surface area contributed by atoms with Crippen LogP contribution in [0.2, 0.25) is 0 Å². The van der Waals surface area contributed by atoms with Crippen LogP contribution < -0.4 is 0 Å². The lowest BCUT2D eigenvalue weighted by Crippen LogP contribution is -2.42. The molecule has 1 fully saturated rings. The van der Waals surface area contributed by atoms with E-state index in [1.165, 1.54) is 6.92 Å². The van der Waals surface area contributed by atoms with Gasteiger partial charge in [-0.2, -0.15) is 0 Å². The van der Waals surface area contributed by atoms with E-state index < -0.39 is 23.2 Å². The molecule has 0 N–H and O–H groups in total. The Morgan fingerprint density at radius 3 is 2.69 bits per heavy atom. The minimum Gasteiger partial charge on any atom is -0.464 e. The molecule has 0 bridgehead atoms. The molecule has 0 unspecified atom stereocenters. The van der Waals surface area contributed by atoms with Gasteiger partial charge in [-0.25, -0.2) is 4.79 Å². The van der Waals surface area contributed by atoms with Crippen LogP contribution in [0.4, 0.5) is 4.79 Å². The van der Waals surface area contributed by atoms with E-state index >= 15 is 0 Å². The van der Waals surface area contributed by atoms with Crippen LogP contribution in [0.15, 0.2) is 29.2 Å². The highest BCUT2D eigenvalue weighted by molar-refractivity contribution is 8.18. The maximum absolute atomic E-state index is 12.7. The molecule has 0 saturated carbocycles. The number of rotatable bonds is 4. The van der Waals surface area contributed by atoms with Crippen LogP contribution in [-0.4, -0.2) is 39.2 Å². The fourth-order valence-corrected chi connectivity index (χ4v) is 3.94. The van der Waals surface area contributed by atoms with E-state index in [4.69, 9.17) is 4.74 Å². The van der Waals surface area contributed by atoms with Gasteiger partial charge in [0, 0.05) is 29.2 Å². The summed E-state index contributed by atoms with van der Waals surface area (Å²) in [7, 11) is 1.96. The molecule has 6 nitrogen and oxygen atoms in total. The Kier molecular flexibility index (Phi) is 4.91. The molecule has 26 heavy (non-hydrogen) atoms. The number of nitrogens with zero attached hydrogens (tertiary/aromatic N) is 2. The van der Waals surface area contributed by atoms with Gasteiger partial charge in [0.15, 0.2) is 0 Å². The van der Waals surface area contributed by atoms with E-state index in [0.29, 0.717) is 4.91 Å². The number of ether oxygens (including phenoxy) is 1. The maximum atomic E-state index is 12.7. The van der Waals surface area contributed by atoms with Crippen molar-refractivity contribution in [3.05, 3.63) is 40.4 Å². The first kappa shape index (κ1) is 18.3. The van der Waals surface area contributed by atoms with Crippen molar-refractivity contribution >= 4 is 45.9 Å². The van der Waals surface area contributed by atoms with Crippen LogP contribution in [0.1, 0.15) is 25.1 Å². The molecule has 1 saturated heterocycles. The predicted molar refractivity (Wildman–Crippen MR) is 102 cm³/mol. The summed E-state index contributed by atoms with van der Waals surface area (Å²) in [6, 6.07) is 6.95. The van der Waals surface area contributed by atoms with Crippen LogP contribution in [-0.2, 0) is 21.4 Å². The number of aryl methyl sites for hydroxylation is 1. The topological polar surface area (TPSA) is 68.6 Å². The number of carbonyl (C=O) groups is 3. The molecule has 136 valence electrons. The second-order valence-electron chi connectivity index (χ2n) is 6.05. The molecule has 1 aromatic carbocycles. The number of benzene rings is 1. The largest absolute Gasteiger partial charge is 0.464 e. The van der Waals surface area contributed by atoms with Crippen molar-refractivity contribution in [3.8, 4) is 0 Å². The Bertz CT molecular complexity index is 944. The van der Waals surface area contributed by atoms with Crippen molar-refractivity contribution in [1.82, 2.24) is 9.47 Å². The Balaban J connectivity index is 1.99. The van der Waals surface area contributed by atoms with Gasteiger partial charge >= 0.3 is 5.97 Å². The van der Waals surface area contributed by atoms with Crippen molar-refractivity contribution in [2.75, 3.05) is 6.61 Å². The van der Waals surface area contributed by atoms with Gasteiger partial charge in [-0.1, -0.05) is 18.2 Å². The molecule has 0 radical (unpaired) electrons. The third kappa shape index (κ3) is 2.92. The zero-order valence-corrected chi connectivity index (χ0v) is 15.9. The normalized spacial score (nSPS) is 17.4. The Morgan fingerprint density at radius 2 is 2.00 bits per heavy atom. The lowest BCUT2D eigenvalue weighted by molar-refractivity contribution is -0.150. The highest BCUT2D eigenvalue weighted by Gasteiger charge is 2.41. The summed E-state index contributed by atoms with van der Waals surface area (Å²) in [5.74, 6) is -1.05. The van der Waals surface area contributed by atoms with Crippen molar-refractivity contribution in [2.45, 2.75) is 26.8 Å². The molecule has 3 rings (SSSR count). The number of carbonyl (C=O) groups excluding carboxylic acids is 3. The quantitative estimate of drug-likeness (QED) is 0.607. The van der Waals surface area contributed by atoms with Gasteiger partial charge in [-0.05, 0) is 44.7 Å². The van der Waals surface area contributed by atoms with Gasteiger partial charge < -0.3 is 9.30 Å². The van der Waals surface area contributed by atoms with E-state index in [9.17, 15) is 14.4 Å². The zero-order valence-electron chi connectivity index (χ0n) is 15.1. The number of aromatic nitrogens is 1. The van der Waals surface area contributed by atoms with Crippen molar-refractivity contribution in [3.63, 3.8) is 0 Å². The van der Waals surface area contributed by atoms with Crippen LogP contribution in [0.5, 0.6) is 0 Å². The minimum atomic E-state index is -0.943. The van der Waals surface area contributed by atoms with Gasteiger partial charge in [0.2, 0.25) is 0 Å². The molecule has 2 heterocycles. The standard InChI is InChI=1S/C19H20N2O4S/c1-5-25-18(23)12(3)21-17(22)16(26-19(21)24)10-14-11(2)20(4)15-9-7-6-8-13(14)15/h6-10,12H,5H2,1-4H3/b16-10+/t12-/m0/s1. The summed E-state index contributed by atoms with van der Waals surface area (Å²) in [6.07, 6.45) is 1.74. The smallest absolute Gasteiger partial charge is 0.329 e. The maximum Gasteiger partial charge on any atom is 0.329 e. The number of amides is 2. The number of para-hydroxylation sites is 1. The third-order valence-electron chi connectivity index (χ3n) is 4.56. The summed E-state index contributed by atoms with van der Waals surface area (Å²) in [4.78, 5) is 38.2. The molecule has 2 aromatic rings. The second kappa shape index (κ2) is 6.99. The Labute approximate surface area is 155 Å². The van der Waals surface area contributed by atoms with Crippen LogP contribution in [0.3, 0.4) is 0 Å². The van der Waals surface area contributed by atoms with E-state index in [1.54, 1.807) is 13.0 Å². The fraction of sp³-hybridized carbons (Fsp3) is 0.316. The fourth-order valence-electron chi connectivity index (χ4n) is 3.05. The van der Waals surface area contributed by atoms with E-state index in [0.717, 1.165) is 38.8 Å². The number of hydrogen-bond acceptors (Lipinski definition) is 5. The molecule has 1 atom stereocenters. The minimum absolute atomic E-state index is 0.199. The number of esters is 1. The van der Waals surface area contributed by atoms with Gasteiger partial charge in [0.25, 0.3) is 11.1 Å². The van der Waals surface area contributed by atoms with Gasteiger partial charge in [-0.15, -0.1) is 0 Å². The molecule has 1 aromatic heterocycles. The summed E-state index contributed by atoms with van der Waals surface area (Å²) in [6.45, 7) is 5.35. The Morgan fingerprint density at radius 1 is 1.31 bits per heavy atom. The molecule has 0 spiro atoms. The predicted octanol–water partition coefficient (Wildman–Crippen LogP) is 3.47. The SMILES string of the molecule is CCOC(=O)[C@H](C)N1C(=O)S/C(=C/c2c(C)n(C)c3ccccc23)C1=O. The van der Waals surface area contributed by atoms with Crippen molar-refractivity contribution in [2.24, 2.45) is 7.05 Å². The monoisotopic (exact) mass is 372 g/mol. The molecule has 2 amide bonds. The first-order chi connectivity index (χ1) is 12.4. The van der Waals surface area contributed by atoms with E-state index in [2.05, 4.69) is 0 Å². The van der Waals surface area contributed by atoms with Crippen LogP contribution >= 0.6 is 11.8 Å². The molecule has 1 aliphatic rings. The van der Waals surface area contributed by atoms with E-state index in [1.807, 2.05) is 42.8 Å². The molecular weight excluding hydrogens is 352 g/mol. The number of hydrogen-bond donors (Lipinski definition) is 0. The van der Waals surface area contributed by atoms with Gasteiger partial charge in [0.1, 0.15) is 6.04 Å². The highest BCUT2D eigenvalue weighted by Crippen LogP contribution is 2.36. The van der Waals surface area contributed by atoms with Crippen molar-refractivity contribution < 1.29 is 19.1 Å². The van der Waals surface area contributed by atoms with Gasteiger partial charge in [-0.3, -0.25) is 14.5 Å². The average molecular weight is 372 g/mol. The van der Waals surface area contributed by atoms with Gasteiger partial charge in [0.05, 0.1) is 11.5 Å². The summed E-state index contributed by atoms with van der Waals surface area (Å²) >= 11 is 0.848. The lowest BCUT2D eigenvalue weighted by Gasteiger charge is -2.19. The number of thioether (sulfide) groups is 1. The molecular formula is C19H20N2O4S. The van der Waals surface area contributed by atoms with E-state index in [-0.39, 0.29) is 6.61 Å². The van der Waals surface area contributed by atoms with Crippen LogP contribution in [0, 0.1) is 6.92 Å². The number of imide groups is 1. The summed E-state index contributed by atoms with van der Waals surface area (Å²) in [5.41, 5.74) is 2.95. The molecule has 0 aliphatic carbocycles. The van der Waals surface area contributed by atoms with Crippen molar-refractivity contribution in [1.29, 1.82) is 0 Å². The van der Waals surface area contributed by atoms with Crippen LogP contribution in [0.25, 0.3) is 17.0 Å². The average Bonchev–Trinajstić information content (AvgIpc) is 3.03. The summed E-state index contributed by atoms with van der Waals surface area (Å²) < 4.78 is 6.98. The zero-order chi connectivity index (χ0) is 19.0. The highest BCUT2D eigenvalue weighted by atomic mass is 32.2. The lowest BCUT2D eigenvalue weighted by atomic mass is 10.1. The first-order valence-electron chi connectivity index (χ1n) is 8.34. The summed E-state index contributed by atoms with van der Waals surface area (Å²) in [5, 5.41) is 0.553. The first-order valence-corrected chi connectivity index (χ1v) is 9.16. The second-order valence-corrected chi connectivity index (χ2v) is 7.05. The third-order valence-corrected chi connectivity index (χ3v) is 5.45. The molecule has 7 heteroatoms.